The molecule has 2 N–H and O–H groups in total. The van der Waals surface area contributed by atoms with E-state index in [9.17, 15) is 0 Å². The van der Waals surface area contributed by atoms with Gasteiger partial charge >= 0.3 is 0 Å². The van der Waals surface area contributed by atoms with Gasteiger partial charge in [-0.2, -0.15) is 0 Å². The Hall–Kier alpha value is -0.120. The van der Waals surface area contributed by atoms with Crippen LogP contribution in [0, 0.1) is 0 Å². The lowest BCUT2D eigenvalue weighted by molar-refractivity contribution is -0.0718. The Morgan fingerprint density at radius 1 is 1.56 bits per heavy atom. The van der Waals surface area contributed by atoms with E-state index in [1.54, 1.807) is 0 Å². The fourth-order valence-electron chi connectivity index (χ4n) is 0.772. The summed E-state index contributed by atoms with van der Waals surface area (Å²) in [4.78, 5) is 0. The van der Waals surface area contributed by atoms with Crippen LogP contribution in [0.3, 0.4) is 0 Å². The molecule has 1 rings (SSSR count). The SMILES string of the molecule is [3H]C1COC(CO)(CO)C1[3H]. The van der Waals surface area contributed by atoms with Gasteiger partial charge in [-0.05, 0) is 12.8 Å². The average Bonchev–Trinajstić information content (AvgIpc) is 2.32. The zero-order chi connectivity index (χ0) is 8.48. The first-order valence-corrected chi connectivity index (χ1v) is 2.86. The van der Waals surface area contributed by atoms with Gasteiger partial charge in [-0.25, -0.2) is 0 Å². The highest BCUT2D eigenvalue weighted by Crippen LogP contribution is 2.23. The summed E-state index contributed by atoms with van der Waals surface area (Å²) >= 11 is 0. The molecule has 0 aliphatic carbocycles. The van der Waals surface area contributed by atoms with E-state index in [1.165, 1.54) is 0 Å². The molecule has 0 radical (unpaired) electrons. The quantitative estimate of drug-likeness (QED) is 0.539. The molecule has 0 saturated carbocycles. The van der Waals surface area contributed by atoms with Crippen molar-refractivity contribution in [3.8, 4) is 0 Å². The smallest absolute Gasteiger partial charge is 0.114 e. The number of aliphatic hydroxyl groups is 2. The molecule has 0 amide bonds. The second-order valence-electron chi connectivity index (χ2n) is 2.09. The third-order valence-electron chi connectivity index (χ3n) is 1.42. The van der Waals surface area contributed by atoms with Crippen LogP contribution in [0.4, 0.5) is 0 Å². The van der Waals surface area contributed by atoms with Crippen molar-refractivity contribution in [2.45, 2.75) is 18.4 Å². The first kappa shape index (κ1) is 4.66. The molecule has 0 aromatic carbocycles. The lowest BCUT2D eigenvalue weighted by atomic mass is 10.0. The van der Waals surface area contributed by atoms with Gasteiger partial charge in [0.15, 0.2) is 0 Å². The van der Waals surface area contributed by atoms with Crippen molar-refractivity contribution in [3.05, 3.63) is 0 Å². The van der Waals surface area contributed by atoms with E-state index in [1.807, 2.05) is 0 Å². The molecule has 54 valence electrons. The van der Waals surface area contributed by atoms with Crippen molar-refractivity contribution in [1.29, 1.82) is 0 Å². The zero-order valence-corrected chi connectivity index (χ0v) is 5.08. The zero-order valence-electron chi connectivity index (χ0n) is 7.08. The van der Waals surface area contributed by atoms with Gasteiger partial charge in [0.2, 0.25) is 0 Å². The van der Waals surface area contributed by atoms with Gasteiger partial charge in [0.1, 0.15) is 5.60 Å². The van der Waals surface area contributed by atoms with E-state index in [2.05, 4.69) is 0 Å². The van der Waals surface area contributed by atoms with E-state index in [4.69, 9.17) is 17.7 Å². The topological polar surface area (TPSA) is 49.7 Å². The van der Waals surface area contributed by atoms with Gasteiger partial charge in [0.05, 0.1) is 13.2 Å². The number of hydrogen-bond acceptors (Lipinski definition) is 3. The van der Waals surface area contributed by atoms with Crippen LogP contribution in [-0.2, 0) is 4.74 Å². The van der Waals surface area contributed by atoms with Gasteiger partial charge in [0, 0.05) is 9.35 Å². The summed E-state index contributed by atoms with van der Waals surface area (Å²) in [6.45, 7) is -0.671. The molecule has 3 nitrogen and oxygen atoms in total. The molecule has 0 aromatic rings. The lowest BCUT2D eigenvalue weighted by Gasteiger charge is -2.22. The Bertz CT molecular complexity index is 138. The largest absolute Gasteiger partial charge is 0.393 e. The highest BCUT2D eigenvalue weighted by molar-refractivity contribution is 4.83. The maximum Gasteiger partial charge on any atom is 0.114 e. The summed E-state index contributed by atoms with van der Waals surface area (Å²) in [7, 11) is 0. The molecule has 0 aromatic heterocycles. The number of aliphatic hydroxyl groups excluding tert-OH is 2. The first-order chi connectivity index (χ1) is 5.16. The maximum atomic E-state index is 8.82. The van der Waals surface area contributed by atoms with Gasteiger partial charge in [-0.15, -0.1) is 0 Å². The molecule has 0 bridgehead atoms. The summed E-state index contributed by atoms with van der Waals surface area (Å²) in [6, 6.07) is 0. The van der Waals surface area contributed by atoms with Crippen molar-refractivity contribution in [1.82, 2.24) is 0 Å². The molecule has 2 unspecified atom stereocenters. The molecular weight excluding hydrogens is 120 g/mol. The van der Waals surface area contributed by atoms with Crippen LogP contribution < -0.4 is 0 Å². The van der Waals surface area contributed by atoms with Crippen LogP contribution in [0.15, 0.2) is 0 Å². The first-order valence-electron chi connectivity index (χ1n) is 4.02. The standard InChI is InChI=1S/C6H12O3/c7-4-6(5-8)2-1-3-9-6/h7-8H,1-5H2/i1T,2T. The Morgan fingerprint density at radius 3 is 2.44 bits per heavy atom. The second-order valence-corrected chi connectivity index (χ2v) is 2.09. The number of hydrogen-bond donors (Lipinski definition) is 2. The van der Waals surface area contributed by atoms with Crippen molar-refractivity contribution < 1.29 is 17.7 Å². The lowest BCUT2D eigenvalue weighted by Crippen LogP contribution is -2.36. The molecule has 3 heteroatoms. The van der Waals surface area contributed by atoms with Crippen LogP contribution in [0.2, 0.25) is 0 Å². The third-order valence-corrected chi connectivity index (χ3v) is 1.42. The van der Waals surface area contributed by atoms with Crippen LogP contribution in [0.5, 0.6) is 0 Å². The molecule has 1 aliphatic rings. The molecule has 2 atom stereocenters. The normalized spacial score (nSPS) is 44.2. The molecule has 1 heterocycles. The summed E-state index contributed by atoms with van der Waals surface area (Å²) in [6.07, 6.45) is -1.51. The van der Waals surface area contributed by atoms with Gasteiger partial charge in [-0.3, -0.25) is 0 Å². The van der Waals surface area contributed by atoms with E-state index in [0.29, 0.717) is 0 Å². The van der Waals surface area contributed by atoms with Crippen LogP contribution in [-0.4, -0.2) is 35.6 Å². The van der Waals surface area contributed by atoms with E-state index in [0.717, 1.165) is 0 Å². The number of ether oxygens (including phenoxy) is 1. The summed E-state index contributed by atoms with van der Waals surface area (Å²) < 4.78 is 19.7. The minimum Gasteiger partial charge on any atom is -0.393 e. The fraction of sp³-hybridized carbons (Fsp3) is 1.00. The molecule has 9 heavy (non-hydrogen) atoms. The molecular formula is C6H12O3. The van der Waals surface area contributed by atoms with Gasteiger partial charge < -0.3 is 14.9 Å². The van der Waals surface area contributed by atoms with Crippen molar-refractivity contribution >= 4 is 0 Å². The summed E-state index contributed by atoms with van der Waals surface area (Å²) in [5.41, 5.74) is -1.20. The maximum absolute atomic E-state index is 8.82. The minimum absolute atomic E-state index is 0.120. The fourth-order valence-corrected chi connectivity index (χ4v) is 0.772. The van der Waals surface area contributed by atoms with E-state index in [-0.39, 0.29) is 6.61 Å². The summed E-state index contributed by atoms with van der Waals surface area (Å²) in [5.74, 6) is 0. The predicted octanol–water partition coefficient (Wildman–Crippen LogP) is -0.480. The number of rotatable bonds is 2. The minimum atomic E-state index is -1.20. The Kier molecular flexibility index (Phi) is 1.37. The highest BCUT2D eigenvalue weighted by atomic mass is 16.5. The summed E-state index contributed by atoms with van der Waals surface area (Å²) in [5, 5.41) is 17.6. The Balaban J connectivity index is 2.69. The molecule has 1 fully saturated rings. The monoisotopic (exact) mass is 136 g/mol. The molecule has 1 saturated heterocycles. The van der Waals surface area contributed by atoms with E-state index < -0.39 is 31.6 Å². The van der Waals surface area contributed by atoms with Crippen LogP contribution in [0.25, 0.3) is 0 Å². The van der Waals surface area contributed by atoms with E-state index >= 15 is 0 Å². The van der Waals surface area contributed by atoms with Crippen molar-refractivity contribution in [2.75, 3.05) is 19.8 Å². The highest BCUT2D eigenvalue weighted by Gasteiger charge is 2.33. The van der Waals surface area contributed by atoms with Gasteiger partial charge in [-0.1, -0.05) is 0 Å². The second kappa shape index (κ2) is 2.64. The van der Waals surface area contributed by atoms with Crippen molar-refractivity contribution in [3.63, 3.8) is 0 Å². The third kappa shape index (κ3) is 1.23. The molecule has 0 spiro atoms. The predicted molar refractivity (Wildman–Crippen MR) is 32.1 cm³/mol. The van der Waals surface area contributed by atoms with Gasteiger partial charge in [0.25, 0.3) is 0 Å². The van der Waals surface area contributed by atoms with Crippen LogP contribution >= 0.6 is 0 Å². The van der Waals surface area contributed by atoms with Crippen LogP contribution in [0.1, 0.15) is 15.5 Å². The Labute approximate surface area is 57.1 Å². The van der Waals surface area contributed by atoms with Crippen molar-refractivity contribution in [2.24, 2.45) is 0 Å². The average molecular weight is 136 g/mol. The Morgan fingerprint density at radius 2 is 2.22 bits per heavy atom. The molecule has 1 aliphatic heterocycles.